The number of methoxy groups -OCH3 is 1. The molecule has 0 radical (unpaired) electrons. The Hall–Kier alpha value is -3.06. The van der Waals surface area contributed by atoms with E-state index >= 15 is 0 Å². The van der Waals surface area contributed by atoms with Crippen LogP contribution in [0.25, 0.3) is 0 Å². The molecule has 3 rings (SSSR count). The van der Waals surface area contributed by atoms with Gasteiger partial charge < -0.3 is 24.3 Å². The number of hydrogen-bond acceptors (Lipinski definition) is 9. The average Bonchev–Trinajstić information content (AvgIpc) is 3.45. The average molecular weight is 627 g/mol. The van der Waals surface area contributed by atoms with Gasteiger partial charge in [-0.15, -0.1) is 28.1 Å². The topological polar surface area (TPSA) is 116 Å². The van der Waals surface area contributed by atoms with E-state index in [0.717, 1.165) is 17.2 Å². The normalized spacial score (nSPS) is 10.8. The number of carbonyl (C=O) groups excluding carboxylic acids is 3. The Bertz CT molecular complexity index is 1410. The molecule has 2 heterocycles. The molecule has 2 amide bonds. The van der Waals surface area contributed by atoms with Gasteiger partial charge in [0.15, 0.2) is 5.16 Å². The molecule has 1 aromatic carbocycles. The van der Waals surface area contributed by atoms with E-state index in [1.165, 1.54) is 23.8 Å². The zero-order valence-corrected chi connectivity index (χ0v) is 25.6. The van der Waals surface area contributed by atoms with Gasteiger partial charge >= 0.3 is 5.97 Å². The molecule has 0 saturated carbocycles. The quantitative estimate of drug-likeness (QED) is 0.117. The van der Waals surface area contributed by atoms with Crippen LogP contribution in [-0.4, -0.2) is 71.0 Å². The Morgan fingerprint density at radius 3 is 2.65 bits per heavy atom. The van der Waals surface area contributed by atoms with Crippen LogP contribution in [0.15, 0.2) is 36.0 Å². The van der Waals surface area contributed by atoms with Crippen molar-refractivity contribution in [3.05, 3.63) is 62.7 Å². The van der Waals surface area contributed by atoms with E-state index in [4.69, 9.17) is 32.7 Å². The Kier molecular flexibility index (Phi) is 11.4. The molecule has 40 heavy (non-hydrogen) atoms. The van der Waals surface area contributed by atoms with Crippen molar-refractivity contribution in [1.82, 2.24) is 19.7 Å². The van der Waals surface area contributed by atoms with E-state index in [9.17, 15) is 14.4 Å². The first kappa shape index (κ1) is 31.5. The second kappa shape index (κ2) is 14.5. The van der Waals surface area contributed by atoms with Gasteiger partial charge in [0.1, 0.15) is 16.6 Å². The van der Waals surface area contributed by atoms with Gasteiger partial charge in [-0.2, -0.15) is 0 Å². The fourth-order valence-corrected chi connectivity index (χ4v) is 6.04. The maximum absolute atomic E-state index is 12.9. The third kappa shape index (κ3) is 7.78. The standard InChI is InChI=1S/C26H29Cl2N5O5S2/c1-6-11-33-19(8-7-12-38-18-10-9-16(27)13-17(18)28)30-31-26(33)39-14-20(34)29-23-21(25(36)37-5)15(2)22(40-23)24(35)32(3)4/h6,9-10,13H,1,7-8,11-12,14H2,2-5H3,(H,29,34). The van der Waals surface area contributed by atoms with Crippen LogP contribution < -0.4 is 10.1 Å². The smallest absolute Gasteiger partial charge is 0.341 e. The van der Waals surface area contributed by atoms with E-state index in [-0.39, 0.29) is 28.1 Å². The van der Waals surface area contributed by atoms with Crippen molar-refractivity contribution in [3.8, 4) is 5.75 Å². The van der Waals surface area contributed by atoms with Crippen molar-refractivity contribution in [2.45, 2.75) is 31.5 Å². The van der Waals surface area contributed by atoms with Gasteiger partial charge in [0, 0.05) is 32.1 Å². The molecule has 0 saturated heterocycles. The largest absolute Gasteiger partial charge is 0.492 e. The van der Waals surface area contributed by atoms with Crippen LogP contribution in [0.2, 0.25) is 10.0 Å². The molecule has 1 N–H and O–H groups in total. The molecular formula is C26H29Cl2N5O5S2. The second-order valence-electron chi connectivity index (χ2n) is 8.61. The van der Waals surface area contributed by atoms with Gasteiger partial charge in [-0.25, -0.2) is 4.79 Å². The number of nitrogens with one attached hydrogen (secondary N) is 1. The number of benzene rings is 1. The lowest BCUT2D eigenvalue weighted by Gasteiger charge is -2.10. The van der Waals surface area contributed by atoms with E-state index in [2.05, 4.69) is 22.1 Å². The highest BCUT2D eigenvalue weighted by molar-refractivity contribution is 7.99. The van der Waals surface area contributed by atoms with Crippen LogP contribution in [0, 0.1) is 6.92 Å². The summed E-state index contributed by atoms with van der Waals surface area (Å²) in [6.45, 7) is 6.33. The molecule has 0 fully saturated rings. The molecule has 3 aromatic rings. The highest BCUT2D eigenvalue weighted by Gasteiger charge is 2.27. The summed E-state index contributed by atoms with van der Waals surface area (Å²) < 4.78 is 12.5. The Labute approximate surface area is 250 Å². The van der Waals surface area contributed by atoms with Crippen LogP contribution in [-0.2, 0) is 22.5 Å². The molecule has 10 nitrogen and oxygen atoms in total. The van der Waals surface area contributed by atoms with Crippen molar-refractivity contribution < 1.29 is 23.9 Å². The first-order valence-corrected chi connectivity index (χ1v) is 14.6. The lowest BCUT2D eigenvalue weighted by molar-refractivity contribution is -0.113. The van der Waals surface area contributed by atoms with Crippen LogP contribution in [0.3, 0.4) is 0 Å². The van der Waals surface area contributed by atoms with E-state index < -0.39 is 5.97 Å². The van der Waals surface area contributed by atoms with Gasteiger partial charge in [0.2, 0.25) is 5.91 Å². The van der Waals surface area contributed by atoms with Crippen LogP contribution in [0.5, 0.6) is 5.75 Å². The molecule has 0 unspecified atom stereocenters. The first-order chi connectivity index (χ1) is 19.1. The third-order valence-corrected chi connectivity index (χ3v) is 8.22. The summed E-state index contributed by atoms with van der Waals surface area (Å²) in [5, 5.41) is 13.1. The predicted octanol–water partition coefficient (Wildman–Crippen LogP) is 5.37. The summed E-state index contributed by atoms with van der Waals surface area (Å²) in [4.78, 5) is 39.6. The number of ether oxygens (including phenoxy) is 2. The summed E-state index contributed by atoms with van der Waals surface area (Å²) in [5.74, 6) is 0.00411. The number of aromatic nitrogens is 3. The van der Waals surface area contributed by atoms with Crippen molar-refractivity contribution in [2.75, 3.05) is 38.9 Å². The van der Waals surface area contributed by atoms with E-state index in [1.807, 2.05) is 4.57 Å². The molecule has 0 atom stereocenters. The van der Waals surface area contributed by atoms with Crippen LogP contribution >= 0.6 is 46.3 Å². The molecule has 0 aliphatic rings. The molecule has 2 aromatic heterocycles. The number of thioether (sulfide) groups is 1. The van der Waals surface area contributed by atoms with E-state index in [1.54, 1.807) is 45.3 Å². The fraction of sp³-hybridized carbons (Fsp3) is 0.346. The number of aryl methyl sites for hydroxylation is 1. The molecule has 0 aliphatic heterocycles. The molecule has 0 bridgehead atoms. The van der Waals surface area contributed by atoms with Crippen molar-refractivity contribution in [2.24, 2.45) is 0 Å². The van der Waals surface area contributed by atoms with Crippen molar-refractivity contribution >= 4 is 69.1 Å². The van der Waals surface area contributed by atoms with Crippen molar-refractivity contribution in [1.29, 1.82) is 0 Å². The molecular weight excluding hydrogens is 597 g/mol. The summed E-state index contributed by atoms with van der Waals surface area (Å²) in [6, 6.07) is 5.05. The van der Waals surface area contributed by atoms with Gasteiger partial charge in [0.05, 0.1) is 34.9 Å². The number of nitrogens with zero attached hydrogens (tertiary/aromatic N) is 4. The summed E-state index contributed by atoms with van der Waals surface area (Å²) in [6.07, 6.45) is 2.96. The van der Waals surface area contributed by atoms with Crippen LogP contribution in [0.1, 0.15) is 37.8 Å². The van der Waals surface area contributed by atoms with Crippen LogP contribution in [0.4, 0.5) is 5.00 Å². The van der Waals surface area contributed by atoms with E-state index in [0.29, 0.717) is 57.4 Å². The second-order valence-corrected chi connectivity index (χ2v) is 11.4. The van der Waals surface area contributed by atoms with Gasteiger partial charge in [-0.3, -0.25) is 9.59 Å². The first-order valence-electron chi connectivity index (χ1n) is 12.0. The lowest BCUT2D eigenvalue weighted by atomic mass is 10.1. The zero-order valence-electron chi connectivity index (χ0n) is 22.5. The number of halogens is 2. The highest BCUT2D eigenvalue weighted by Crippen LogP contribution is 2.34. The number of carbonyl (C=O) groups is 3. The number of thiophene rings is 1. The van der Waals surface area contributed by atoms with Gasteiger partial charge in [-0.1, -0.05) is 41.0 Å². The minimum atomic E-state index is -0.632. The third-order valence-electron chi connectivity index (χ3n) is 5.52. The predicted molar refractivity (Wildman–Crippen MR) is 158 cm³/mol. The summed E-state index contributed by atoms with van der Waals surface area (Å²) in [7, 11) is 4.48. The number of anilines is 1. The maximum Gasteiger partial charge on any atom is 0.341 e. The SMILES string of the molecule is C=CCn1c(CCCOc2ccc(Cl)cc2Cl)nnc1SCC(=O)Nc1sc(C(=O)N(C)C)c(C)c1C(=O)OC. The Morgan fingerprint density at radius 1 is 1.25 bits per heavy atom. The number of hydrogen-bond donors (Lipinski definition) is 1. The fourth-order valence-electron chi connectivity index (χ4n) is 3.58. The Morgan fingerprint density at radius 2 is 2.00 bits per heavy atom. The maximum atomic E-state index is 12.9. The molecule has 14 heteroatoms. The molecule has 0 spiro atoms. The number of allylic oxidation sites excluding steroid dienone is 1. The lowest BCUT2D eigenvalue weighted by Crippen LogP contribution is -2.21. The monoisotopic (exact) mass is 625 g/mol. The van der Waals surface area contributed by atoms with Crippen molar-refractivity contribution in [3.63, 3.8) is 0 Å². The molecule has 0 aliphatic carbocycles. The summed E-state index contributed by atoms with van der Waals surface area (Å²) in [5.41, 5.74) is 0.617. The highest BCUT2D eigenvalue weighted by atomic mass is 35.5. The number of rotatable bonds is 13. The minimum Gasteiger partial charge on any atom is -0.492 e. The zero-order chi connectivity index (χ0) is 29.4. The minimum absolute atomic E-state index is 0.00196. The van der Waals surface area contributed by atoms with Gasteiger partial charge in [0.25, 0.3) is 5.91 Å². The van der Waals surface area contributed by atoms with Gasteiger partial charge in [-0.05, 0) is 37.1 Å². The summed E-state index contributed by atoms with van der Waals surface area (Å²) >= 11 is 14.3. The molecule has 214 valence electrons. The Balaban J connectivity index is 1.64. The number of esters is 1. The number of amides is 2.